The summed E-state index contributed by atoms with van der Waals surface area (Å²) >= 11 is 0. The van der Waals surface area contributed by atoms with E-state index in [-0.39, 0.29) is 37.5 Å². The van der Waals surface area contributed by atoms with Gasteiger partial charge in [0, 0.05) is 19.6 Å². The number of aromatic carboxylic acids is 1. The third-order valence-corrected chi connectivity index (χ3v) is 3.82. The summed E-state index contributed by atoms with van der Waals surface area (Å²) in [5, 5.41) is 16.8. The Morgan fingerprint density at radius 2 is 1.62 bits per heavy atom. The molecule has 0 saturated carbocycles. The number of nitrogens with one attached hydrogen (secondary N) is 5. The van der Waals surface area contributed by atoms with Gasteiger partial charge < -0.3 is 26.8 Å². The molecule has 0 bridgehead atoms. The van der Waals surface area contributed by atoms with Crippen molar-refractivity contribution in [3.8, 4) is 0 Å². The van der Waals surface area contributed by atoms with Crippen LogP contribution in [0.3, 0.4) is 0 Å². The Hall–Kier alpha value is -3.57. The van der Waals surface area contributed by atoms with Crippen LogP contribution in [0.2, 0.25) is 0 Å². The van der Waals surface area contributed by atoms with Crippen molar-refractivity contribution in [3.05, 3.63) is 26.5 Å². The first kappa shape index (κ1) is 21.7. The van der Waals surface area contributed by atoms with Gasteiger partial charge in [-0.2, -0.15) is 23.4 Å². The zero-order valence-corrected chi connectivity index (χ0v) is 15.4. The summed E-state index contributed by atoms with van der Waals surface area (Å²) in [6, 6.07) is 0. The number of aromatic amines is 2. The Balaban J connectivity index is 2.39. The molecule has 2 rings (SSSR count). The van der Waals surface area contributed by atoms with Crippen LogP contribution in [0.5, 0.6) is 0 Å². The fourth-order valence-corrected chi connectivity index (χ4v) is 2.30. The van der Waals surface area contributed by atoms with Gasteiger partial charge in [-0.1, -0.05) is 0 Å². The van der Waals surface area contributed by atoms with Crippen LogP contribution in [-0.4, -0.2) is 74.4 Å². The van der Waals surface area contributed by atoms with Crippen molar-refractivity contribution < 1.29 is 22.9 Å². The number of nitrogens with zero attached hydrogens (tertiary/aromatic N) is 3. The van der Waals surface area contributed by atoms with Gasteiger partial charge in [-0.05, 0) is 0 Å². The van der Waals surface area contributed by atoms with Crippen molar-refractivity contribution >= 4 is 39.6 Å². The topological polar surface area (TPSA) is 258 Å². The highest BCUT2D eigenvalue weighted by Gasteiger charge is 2.18. The lowest BCUT2D eigenvalue weighted by Crippen LogP contribution is -2.29. The summed E-state index contributed by atoms with van der Waals surface area (Å²) in [4.78, 5) is 50.2. The molecule has 0 atom stereocenters. The molecule has 2 heterocycles. The van der Waals surface area contributed by atoms with Crippen molar-refractivity contribution in [1.29, 1.82) is 0 Å². The van der Waals surface area contributed by atoms with Gasteiger partial charge in [0.15, 0.2) is 5.69 Å². The number of H-pyrrole nitrogens is 2. The van der Waals surface area contributed by atoms with Crippen molar-refractivity contribution in [2.75, 3.05) is 41.3 Å². The summed E-state index contributed by atoms with van der Waals surface area (Å²) in [7, 11) is -4.23. The number of nitrogens with two attached hydrogens (primary N) is 1. The number of aromatic nitrogens is 5. The highest BCUT2D eigenvalue weighted by atomic mass is 32.2. The van der Waals surface area contributed by atoms with Gasteiger partial charge in [-0.15, -0.1) is 0 Å². The zero-order valence-electron chi connectivity index (χ0n) is 14.6. The minimum absolute atomic E-state index is 0.0277. The number of anilines is 4. The molecule has 0 amide bonds. The SMILES string of the molecule is NCCNc1nc(NCCS(=O)(=O)O)nc(Nc2c(C(=O)O)[nH]c(=O)[nH]c2=O)n1. The average molecular weight is 431 g/mol. The third-order valence-electron chi connectivity index (χ3n) is 3.10. The lowest BCUT2D eigenvalue weighted by molar-refractivity contribution is 0.0691. The smallest absolute Gasteiger partial charge is 0.354 e. The van der Waals surface area contributed by atoms with Gasteiger partial charge in [-0.25, -0.2) is 9.59 Å². The number of carboxylic acid groups (broad SMARTS) is 1. The van der Waals surface area contributed by atoms with E-state index < -0.39 is 44.5 Å². The number of rotatable bonds is 10. The average Bonchev–Trinajstić information content (AvgIpc) is 2.60. The summed E-state index contributed by atoms with van der Waals surface area (Å²) in [6.07, 6.45) is 0. The van der Waals surface area contributed by atoms with Crippen LogP contribution in [0.25, 0.3) is 0 Å². The first-order valence-corrected chi connectivity index (χ1v) is 9.46. The zero-order chi connectivity index (χ0) is 21.6. The highest BCUT2D eigenvalue weighted by Crippen LogP contribution is 2.15. The number of carboxylic acids is 1. The molecule has 2 aromatic rings. The Morgan fingerprint density at radius 3 is 2.17 bits per heavy atom. The van der Waals surface area contributed by atoms with Crippen molar-refractivity contribution in [2.24, 2.45) is 5.73 Å². The molecular weight excluding hydrogens is 414 g/mol. The Bertz CT molecular complexity index is 1110. The molecule has 17 heteroatoms. The van der Waals surface area contributed by atoms with E-state index in [1.54, 1.807) is 0 Å². The van der Waals surface area contributed by atoms with E-state index >= 15 is 0 Å². The molecule has 29 heavy (non-hydrogen) atoms. The molecule has 9 N–H and O–H groups in total. The Labute approximate surface area is 161 Å². The van der Waals surface area contributed by atoms with Crippen molar-refractivity contribution in [2.45, 2.75) is 0 Å². The van der Waals surface area contributed by atoms with E-state index in [0.717, 1.165) is 0 Å². The van der Waals surface area contributed by atoms with Crippen molar-refractivity contribution in [1.82, 2.24) is 24.9 Å². The van der Waals surface area contributed by atoms with Crippen LogP contribution in [0.15, 0.2) is 9.59 Å². The molecule has 0 aliphatic rings. The largest absolute Gasteiger partial charge is 0.477 e. The van der Waals surface area contributed by atoms with E-state index in [1.807, 2.05) is 9.97 Å². The fourth-order valence-electron chi connectivity index (χ4n) is 1.94. The van der Waals surface area contributed by atoms with Crippen LogP contribution in [0.4, 0.5) is 23.5 Å². The maximum atomic E-state index is 12.0. The van der Waals surface area contributed by atoms with Gasteiger partial charge in [-0.3, -0.25) is 19.3 Å². The summed E-state index contributed by atoms with van der Waals surface area (Å²) in [5.74, 6) is -2.69. The molecule has 2 aromatic heterocycles. The van der Waals surface area contributed by atoms with E-state index in [9.17, 15) is 27.9 Å². The maximum Gasteiger partial charge on any atom is 0.354 e. The molecule has 0 aromatic carbocycles. The van der Waals surface area contributed by atoms with E-state index in [0.29, 0.717) is 0 Å². The van der Waals surface area contributed by atoms with Gasteiger partial charge >= 0.3 is 11.7 Å². The summed E-state index contributed by atoms with van der Waals surface area (Å²) in [5.41, 5.74) is 2.06. The van der Waals surface area contributed by atoms with Crippen LogP contribution >= 0.6 is 0 Å². The first-order valence-electron chi connectivity index (χ1n) is 7.85. The van der Waals surface area contributed by atoms with Crippen LogP contribution < -0.4 is 32.9 Å². The second kappa shape index (κ2) is 9.08. The molecule has 0 unspecified atom stereocenters. The monoisotopic (exact) mass is 431 g/mol. The molecule has 158 valence electrons. The van der Waals surface area contributed by atoms with E-state index in [1.165, 1.54) is 0 Å². The van der Waals surface area contributed by atoms with Gasteiger partial charge in [0.2, 0.25) is 17.8 Å². The second-order valence-corrected chi connectivity index (χ2v) is 6.89. The van der Waals surface area contributed by atoms with Crippen LogP contribution in [0.1, 0.15) is 10.5 Å². The highest BCUT2D eigenvalue weighted by molar-refractivity contribution is 7.85. The molecule has 16 nitrogen and oxygen atoms in total. The second-order valence-electron chi connectivity index (χ2n) is 5.32. The molecule has 0 saturated heterocycles. The lowest BCUT2D eigenvalue weighted by Gasteiger charge is -2.11. The quantitative estimate of drug-likeness (QED) is 0.179. The minimum Gasteiger partial charge on any atom is -0.477 e. The Kier molecular flexibility index (Phi) is 6.80. The van der Waals surface area contributed by atoms with Gasteiger partial charge in [0.05, 0.1) is 5.75 Å². The van der Waals surface area contributed by atoms with Crippen LogP contribution in [0, 0.1) is 0 Å². The predicted molar refractivity (Wildman–Crippen MR) is 100 cm³/mol. The Morgan fingerprint density at radius 1 is 1.03 bits per heavy atom. The van der Waals surface area contributed by atoms with Crippen molar-refractivity contribution in [3.63, 3.8) is 0 Å². The standard InChI is InChI=1S/C12H17N9O7S/c13-1-2-14-9-19-10(15-3-4-29(26,27)28)21-11(20-9)16-5-6(8(23)24)17-12(25)18-7(5)22/h1-4,13H2,(H,23,24)(H,26,27,28)(H2,17,18,22,25)(H3,14,15,16,19,20,21). The predicted octanol–water partition coefficient (Wildman–Crippen LogP) is -2.64. The fraction of sp³-hybridized carbons (Fsp3) is 0.333. The molecule has 0 fully saturated rings. The molecular formula is C12H17N9O7S. The molecule has 0 spiro atoms. The van der Waals surface area contributed by atoms with E-state index in [2.05, 4.69) is 30.9 Å². The number of carbonyl (C=O) groups is 1. The molecule has 0 radical (unpaired) electrons. The molecule has 0 aliphatic carbocycles. The van der Waals surface area contributed by atoms with Gasteiger partial charge in [0.1, 0.15) is 5.69 Å². The maximum absolute atomic E-state index is 12.0. The minimum atomic E-state index is -4.23. The van der Waals surface area contributed by atoms with Crippen LogP contribution in [-0.2, 0) is 10.1 Å². The van der Waals surface area contributed by atoms with E-state index in [4.69, 9.17) is 10.3 Å². The normalized spacial score (nSPS) is 11.1. The van der Waals surface area contributed by atoms with Gasteiger partial charge in [0.25, 0.3) is 15.7 Å². The third kappa shape index (κ3) is 6.52. The first-order chi connectivity index (χ1) is 13.6. The summed E-state index contributed by atoms with van der Waals surface area (Å²) in [6.45, 7) is 0.231. The summed E-state index contributed by atoms with van der Waals surface area (Å²) < 4.78 is 30.4. The number of hydrogen-bond donors (Lipinski definition) is 8. The number of hydrogen-bond acceptors (Lipinski definition) is 12. The molecule has 0 aliphatic heterocycles. The lowest BCUT2D eigenvalue weighted by atomic mass is 10.3.